The van der Waals surface area contributed by atoms with E-state index in [9.17, 15) is 4.79 Å². The maximum Gasteiger partial charge on any atom is 0.254 e. The Labute approximate surface area is 179 Å². The van der Waals surface area contributed by atoms with Crippen LogP contribution < -0.4 is 16.0 Å². The number of carbonyl (C=O) groups is 1. The van der Waals surface area contributed by atoms with Crippen LogP contribution in [0.5, 0.6) is 0 Å². The molecule has 1 aliphatic heterocycles. The van der Waals surface area contributed by atoms with E-state index in [2.05, 4.69) is 30.3 Å². The average molecular weight is 416 g/mol. The van der Waals surface area contributed by atoms with Crippen molar-refractivity contribution in [1.29, 1.82) is 0 Å². The number of pyridine rings is 1. The number of nitrogen functional groups attached to an aromatic ring is 1. The van der Waals surface area contributed by atoms with E-state index in [0.29, 0.717) is 17.9 Å². The first-order valence-electron chi connectivity index (χ1n) is 10.8. The van der Waals surface area contributed by atoms with E-state index >= 15 is 0 Å². The third kappa shape index (κ3) is 3.39. The third-order valence-electron chi connectivity index (χ3n) is 6.70. The molecule has 9 nitrogen and oxygen atoms in total. The fraction of sp³-hybridized carbons (Fsp3) is 0.409. The minimum absolute atomic E-state index is 0.0498. The van der Waals surface area contributed by atoms with Crippen molar-refractivity contribution in [2.45, 2.75) is 31.8 Å². The van der Waals surface area contributed by atoms with Gasteiger partial charge in [0.2, 0.25) is 0 Å². The molecule has 6 rings (SSSR count). The summed E-state index contributed by atoms with van der Waals surface area (Å²) in [5.41, 5.74) is 9.39. The molecule has 2 fully saturated rings. The van der Waals surface area contributed by atoms with E-state index in [1.165, 1.54) is 6.42 Å². The Balaban J connectivity index is 1.09. The maximum atomic E-state index is 12.7. The number of hydrogen-bond acceptors (Lipinski definition) is 7. The molecule has 3 aromatic rings. The molecule has 1 amide bonds. The lowest BCUT2D eigenvalue weighted by molar-refractivity contribution is 0.0936. The fourth-order valence-corrected chi connectivity index (χ4v) is 4.87. The Kier molecular flexibility index (Phi) is 4.15. The van der Waals surface area contributed by atoms with Gasteiger partial charge in [0.1, 0.15) is 11.6 Å². The predicted octanol–water partition coefficient (Wildman–Crippen LogP) is 1.57. The largest absolute Gasteiger partial charge is 0.383 e. The molecule has 9 heteroatoms. The Hall–Kier alpha value is -3.49. The van der Waals surface area contributed by atoms with Crippen LogP contribution in [0.3, 0.4) is 0 Å². The number of nitrogens with two attached hydrogens (primary N) is 1. The number of nitrogens with zero attached hydrogens (tertiary/aromatic N) is 6. The van der Waals surface area contributed by atoms with Gasteiger partial charge >= 0.3 is 0 Å². The second-order valence-corrected chi connectivity index (χ2v) is 8.78. The molecule has 0 radical (unpaired) electrons. The zero-order valence-corrected chi connectivity index (χ0v) is 17.1. The fourth-order valence-electron chi connectivity index (χ4n) is 4.87. The molecule has 3 N–H and O–H groups in total. The van der Waals surface area contributed by atoms with Crippen LogP contribution in [-0.4, -0.2) is 43.7 Å². The third-order valence-corrected chi connectivity index (χ3v) is 6.70. The first kappa shape index (κ1) is 18.3. The number of fused-ring (bicyclic) bond motifs is 2. The number of aromatic nitrogens is 5. The van der Waals surface area contributed by atoms with Crippen molar-refractivity contribution in [2.24, 2.45) is 11.8 Å². The van der Waals surface area contributed by atoms with Crippen molar-refractivity contribution in [3.05, 3.63) is 59.4 Å². The van der Waals surface area contributed by atoms with Crippen molar-refractivity contribution in [1.82, 2.24) is 30.0 Å². The van der Waals surface area contributed by atoms with E-state index in [0.717, 1.165) is 60.4 Å². The molecule has 158 valence electrons. The van der Waals surface area contributed by atoms with Gasteiger partial charge in [0.25, 0.3) is 5.91 Å². The molecule has 2 unspecified atom stereocenters. The summed E-state index contributed by atoms with van der Waals surface area (Å²) >= 11 is 0. The van der Waals surface area contributed by atoms with Crippen LogP contribution in [0.25, 0.3) is 0 Å². The smallest absolute Gasteiger partial charge is 0.254 e. The molecule has 0 bridgehead atoms. The molecule has 0 spiro atoms. The van der Waals surface area contributed by atoms with Crippen molar-refractivity contribution >= 4 is 17.5 Å². The standard InChI is InChI=1S/C22H24N8O/c23-21-18-1-2-19(17(18)3-4-24-21)28-22(31)15-6-27-30(11-15)12-16-7-26-20(8-25-16)29-9-13-5-14(13)10-29/h3-4,6-8,11,13-14,19H,1-2,5,9-10,12H2,(H2,23,24)(H,28,31)/t13?,14?,19-/m1/s1. The van der Waals surface area contributed by atoms with Crippen LogP contribution in [0, 0.1) is 11.8 Å². The molecular formula is C22H24N8O. The molecule has 3 aromatic heterocycles. The Bertz CT molecular complexity index is 1130. The number of hydrogen-bond donors (Lipinski definition) is 2. The number of amides is 1. The quantitative estimate of drug-likeness (QED) is 0.649. The second kappa shape index (κ2) is 7.04. The van der Waals surface area contributed by atoms with Gasteiger partial charge in [-0.05, 0) is 48.3 Å². The summed E-state index contributed by atoms with van der Waals surface area (Å²) in [5.74, 6) is 3.08. The molecule has 31 heavy (non-hydrogen) atoms. The van der Waals surface area contributed by atoms with E-state index < -0.39 is 0 Å². The molecule has 1 saturated carbocycles. The summed E-state index contributed by atoms with van der Waals surface area (Å²) in [6, 6.07) is 1.88. The van der Waals surface area contributed by atoms with Gasteiger partial charge in [-0.3, -0.25) is 14.5 Å². The van der Waals surface area contributed by atoms with Crippen LogP contribution in [0.2, 0.25) is 0 Å². The molecule has 4 heterocycles. The van der Waals surface area contributed by atoms with Crippen LogP contribution in [0.15, 0.2) is 37.1 Å². The molecule has 3 atom stereocenters. The van der Waals surface area contributed by atoms with Crippen LogP contribution in [0.4, 0.5) is 11.6 Å². The highest BCUT2D eigenvalue weighted by Gasteiger charge is 2.45. The lowest BCUT2D eigenvalue weighted by atomic mass is 10.1. The van der Waals surface area contributed by atoms with Gasteiger partial charge in [-0.25, -0.2) is 9.97 Å². The lowest BCUT2D eigenvalue weighted by Gasteiger charge is -2.18. The van der Waals surface area contributed by atoms with Crippen molar-refractivity contribution in [3.8, 4) is 0 Å². The Morgan fingerprint density at radius 1 is 1.16 bits per heavy atom. The number of nitrogens with one attached hydrogen (secondary N) is 1. The van der Waals surface area contributed by atoms with Crippen LogP contribution in [-0.2, 0) is 13.0 Å². The van der Waals surface area contributed by atoms with Gasteiger partial charge in [-0.1, -0.05) is 0 Å². The highest BCUT2D eigenvalue weighted by molar-refractivity contribution is 5.94. The summed E-state index contributed by atoms with van der Waals surface area (Å²) < 4.78 is 1.72. The molecule has 1 saturated heterocycles. The summed E-state index contributed by atoms with van der Waals surface area (Å²) in [5, 5.41) is 7.42. The Morgan fingerprint density at radius 3 is 2.84 bits per heavy atom. The van der Waals surface area contributed by atoms with Gasteiger partial charge in [0.15, 0.2) is 0 Å². The first-order valence-corrected chi connectivity index (χ1v) is 10.8. The summed E-state index contributed by atoms with van der Waals surface area (Å²) in [4.78, 5) is 28.3. The zero-order valence-electron chi connectivity index (χ0n) is 17.1. The summed E-state index contributed by atoms with van der Waals surface area (Å²) in [6.45, 7) is 2.68. The zero-order chi connectivity index (χ0) is 20.9. The number of rotatable bonds is 5. The van der Waals surface area contributed by atoms with Crippen LogP contribution in [0.1, 0.15) is 46.1 Å². The lowest BCUT2D eigenvalue weighted by Crippen LogP contribution is -2.26. The monoisotopic (exact) mass is 416 g/mol. The number of carbonyl (C=O) groups excluding carboxylic acids is 1. The SMILES string of the molecule is Nc1nccc2c1CC[C@H]2NC(=O)c1cnn(Cc2cnc(N3CC4CC4C3)cn2)c1. The van der Waals surface area contributed by atoms with Crippen molar-refractivity contribution < 1.29 is 4.79 Å². The van der Waals surface area contributed by atoms with Crippen LogP contribution >= 0.6 is 0 Å². The minimum Gasteiger partial charge on any atom is -0.383 e. The second-order valence-electron chi connectivity index (χ2n) is 8.78. The average Bonchev–Trinajstić information content (AvgIpc) is 3.16. The molecular weight excluding hydrogens is 392 g/mol. The van der Waals surface area contributed by atoms with Gasteiger partial charge in [-0.2, -0.15) is 5.10 Å². The van der Waals surface area contributed by atoms with E-state index in [-0.39, 0.29) is 11.9 Å². The van der Waals surface area contributed by atoms with E-state index in [1.807, 2.05) is 12.3 Å². The number of piperidine rings is 1. The molecule has 3 aliphatic rings. The summed E-state index contributed by atoms with van der Waals surface area (Å²) in [6.07, 6.45) is 11.7. The predicted molar refractivity (Wildman–Crippen MR) is 114 cm³/mol. The molecule has 0 aromatic carbocycles. The van der Waals surface area contributed by atoms with Gasteiger partial charge in [-0.15, -0.1) is 0 Å². The maximum absolute atomic E-state index is 12.7. The van der Waals surface area contributed by atoms with Crippen molar-refractivity contribution in [2.75, 3.05) is 23.7 Å². The first-order chi connectivity index (χ1) is 15.1. The van der Waals surface area contributed by atoms with Gasteiger partial charge in [0, 0.05) is 25.5 Å². The van der Waals surface area contributed by atoms with E-state index in [1.54, 1.807) is 29.5 Å². The minimum atomic E-state index is -0.145. The summed E-state index contributed by atoms with van der Waals surface area (Å²) in [7, 11) is 0. The highest BCUT2D eigenvalue weighted by Crippen LogP contribution is 2.45. The number of anilines is 2. The Morgan fingerprint density at radius 2 is 2.03 bits per heavy atom. The van der Waals surface area contributed by atoms with Crippen molar-refractivity contribution in [3.63, 3.8) is 0 Å². The molecule has 2 aliphatic carbocycles. The normalized spacial score (nSPS) is 23.5. The topological polar surface area (TPSA) is 115 Å². The van der Waals surface area contributed by atoms with Gasteiger partial charge in [0.05, 0.1) is 42.4 Å². The highest BCUT2D eigenvalue weighted by atomic mass is 16.1. The van der Waals surface area contributed by atoms with E-state index in [4.69, 9.17) is 5.73 Å². The van der Waals surface area contributed by atoms with Gasteiger partial charge < -0.3 is 16.0 Å².